The number of halogens is 1. The Kier molecular flexibility index (Phi) is 6.36. The van der Waals surface area contributed by atoms with Crippen LogP contribution in [0.5, 0.6) is 5.75 Å². The van der Waals surface area contributed by atoms with Gasteiger partial charge in [-0.15, -0.1) is 0 Å². The zero-order valence-corrected chi connectivity index (χ0v) is 14.9. The van der Waals surface area contributed by atoms with E-state index in [1.807, 2.05) is 13.8 Å². The molecule has 0 aliphatic carbocycles. The molecule has 0 fully saturated rings. The average Bonchev–Trinajstić information content (AvgIpc) is 2.56. The molecule has 0 aliphatic rings. The zero-order valence-electron chi connectivity index (χ0n) is 14.2. The van der Waals surface area contributed by atoms with Crippen molar-refractivity contribution in [2.75, 3.05) is 5.32 Å². The van der Waals surface area contributed by atoms with Gasteiger partial charge in [-0.3, -0.25) is 4.79 Å². The third kappa shape index (κ3) is 5.46. The molecule has 6 nitrogen and oxygen atoms in total. The quantitative estimate of drug-likeness (QED) is 0.626. The fourth-order valence-electron chi connectivity index (χ4n) is 1.94. The molecule has 1 unspecified atom stereocenters. The van der Waals surface area contributed by atoms with E-state index in [2.05, 4.69) is 10.3 Å². The number of hydrogen-bond acceptors (Lipinski definition) is 5. The lowest BCUT2D eigenvalue weighted by Gasteiger charge is -2.14. The number of carbonyl (C=O) groups is 2. The van der Waals surface area contributed by atoms with Crippen molar-refractivity contribution in [3.05, 3.63) is 53.3 Å². The van der Waals surface area contributed by atoms with E-state index in [0.29, 0.717) is 17.0 Å². The Bertz CT molecular complexity index is 747. The van der Waals surface area contributed by atoms with Crippen molar-refractivity contribution in [2.24, 2.45) is 0 Å². The predicted molar refractivity (Wildman–Crippen MR) is 95.0 cm³/mol. The van der Waals surface area contributed by atoms with Crippen LogP contribution in [-0.2, 0) is 9.53 Å². The van der Waals surface area contributed by atoms with Gasteiger partial charge in [0.15, 0.2) is 11.3 Å². The average molecular weight is 363 g/mol. The molecule has 0 radical (unpaired) electrons. The highest BCUT2D eigenvalue weighted by atomic mass is 35.5. The number of anilines is 1. The third-order valence-corrected chi connectivity index (χ3v) is 3.43. The number of rotatable bonds is 6. The van der Waals surface area contributed by atoms with Gasteiger partial charge < -0.3 is 14.8 Å². The molecule has 7 heteroatoms. The first-order valence-electron chi connectivity index (χ1n) is 7.76. The standard InChI is InChI=1S/C18H19ClN2O4/c1-11(2)24-14-8-6-13(7-9-14)18(23)25-12(3)17(22)21-15-5-4-10-20-16(15)19/h4-12H,1-3H3,(H,21,22). The fourth-order valence-corrected chi connectivity index (χ4v) is 2.10. The molecule has 2 aromatic rings. The second kappa shape index (κ2) is 8.48. The van der Waals surface area contributed by atoms with Crippen LogP contribution in [-0.4, -0.2) is 29.1 Å². The molecule has 132 valence electrons. The van der Waals surface area contributed by atoms with Crippen LogP contribution in [0.15, 0.2) is 42.6 Å². The van der Waals surface area contributed by atoms with Crippen molar-refractivity contribution in [1.82, 2.24) is 4.98 Å². The predicted octanol–water partition coefficient (Wildman–Crippen LogP) is 3.71. The van der Waals surface area contributed by atoms with Gasteiger partial charge in [0, 0.05) is 6.20 Å². The topological polar surface area (TPSA) is 77.5 Å². The summed E-state index contributed by atoms with van der Waals surface area (Å²) < 4.78 is 10.7. The molecule has 1 amide bonds. The summed E-state index contributed by atoms with van der Waals surface area (Å²) in [6.45, 7) is 5.31. The molecule has 1 heterocycles. The minimum Gasteiger partial charge on any atom is -0.491 e. The lowest BCUT2D eigenvalue weighted by atomic mass is 10.2. The van der Waals surface area contributed by atoms with E-state index in [9.17, 15) is 9.59 Å². The van der Waals surface area contributed by atoms with Crippen LogP contribution >= 0.6 is 11.6 Å². The molecule has 1 aromatic heterocycles. The summed E-state index contributed by atoms with van der Waals surface area (Å²) in [5, 5.41) is 2.73. The smallest absolute Gasteiger partial charge is 0.338 e. The van der Waals surface area contributed by atoms with E-state index < -0.39 is 18.0 Å². The van der Waals surface area contributed by atoms with Gasteiger partial charge >= 0.3 is 5.97 Å². The van der Waals surface area contributed by atoms with Gasteiger partial charge in [0.25, 0.3) is 5.91 Å². The number of benzene rings is 1. The lowest BCUT2D eigenvalue weighted by molar-refractivity contribution is -0.123. The van der Waals surface area contributed by atoms with E-state index in [1.54, 1.807) is 36.4 Å². The molecule has 0 aliphatic heterocycles. The monoisotopic (exact) mass is 362 g/mol. The second-order valence-electron chi connectivity index (χ2n) is 5.57. The number of nitrogens with zero attached hydrogens (tertiary/aromatic N) is 1. The number of ether oxygens (including phenoxy) is 2. The number of carbonyl (C=O) groups excluding carboxylic acids is 2. The molecule has 0 saturated heterocycles. The summed E-state index contributed by atoms with van der Waals surface area (Å²) >= 11 is 5.88. The summed E-state index contributed by atoms with van der Waals surface area (Å²) in [5.74, 6) is -0.442. The second-order valence-corrected chi connectivity index (χ2v) is 5.93. The normalized spacial score (nSPS) is 11.7. The molecular weight excluding hydrogens is 344 g/mol. The molecular formula is C18H19ClN2O4. The summed E-state index contributed by atoms with van der Waals surface area (Å²) in [6, 6.07) is 9.77. The maximum absolute atomic E-state index is 12.1. The van der Waals surface area contributed by atoms with Crippen LogP contribution in [0.2, 0.25) is 5.15 Å². The van der Waals surface area contributed by atoms with Crippen LogP contribution in [0.1, 0.15) is 31.1 Å². The van der Waals surface area contributed by atoms with Crippen LogP contribution in [0, 0.1) is 0 Å². The van der Waals surface area contributed by atoms with Gasteiger partial charge in [-0.05, 0) is 57.2 Å². The molecule has 0 bridgehead atoms. The van der Waals surface area contributed by atoms with Crippen molar-refractivity contribution in [3.8, 4) is 5.75 Å². The summed E-state index contributed by atoms with van der Waals surface area (Å²) in [5.41, 5.74) is 0.683. The number of pyridine rings is 1. The molecule has 1 N–H and O–H groups in total. The molecule has 0 saturated carbocycles. The molecule has 1 aromatic carbocycles. The summed E-state index contributed by atoms with van der Waals surface area (Å²) in [6.07, 6.45) is 0.560. The first-order valence-corrected chi connectivity index (χ1v) is 8.13. The van der Waals surface area contributed by atoms with Gasteiger partial charge in [0.05, 0.1) is 17.4 Å². The zero-order chi connectivity index (χ0) is 18.4. The van der Waals surface area contributed by atoms with Crippen molar-refractivity contribution in [3.63, 3.8) is 0 Å². The number of hydrogen-bond donors (Lipinski definition) is 1. The van der Waals surface area contributed by atoms with E-state index in [-0.39, 0.29) is 11.3 Å². The van der Waals surface area contributed by atoms with E-state index in [1.165, 1.54) is 13.1 Å². The molecule has 1 atom stereocenters. The summed E-state index contributed by atoms with van der Waals surface area (Å²) in [7, 11) is 0. The highest BCUT2D eigenvalue weighted by Gasteiger charge is 2.20. The van der Waals surface area contributed by atoms with Crippen molar-refractivity contribution < 1.29 is 19.1 Å². The van der Waals surface area contributed by atoms with Crippen molar-refractivity contribution in [2.45, 2.75) is 33.0 Å². The van der Waals surface area contributed by atoms with Gasteiger partial charge in [-0.2, -0.15) is 0 Å². The van der Waals surface area contributed by atoms with E-state index >= 15 is 0 Å². The van der Waals surface area contributed by atoms with Gasteiger partial charge in [-0.1, -0.05) is 11.6 Å². The van der Waals surface area contributed by atoms with Crippen LogP contribution in [0.4, 0.5) is 5.69 Å². The maximum atomic E-state index is 12.1. The minimum absolute atomic E-state index is 0.0424. The Labute approximate surface area is 151 Å². The first-order chi connectivity index (χ1) is 11.9. The SMILES string of the molecule is CC(C)Oc1ccc(C(=O)OC(C)C(=O)Nc2cccnc2Cl)cc1. The van der Waals surface area contributed by atoms with Gasteiger partial charge in [0.1, 0.15) is 5.75 Å². The molecule has 2 rings (SSSR count). The summed E-state index contributed by atoms with van der Waals surface area (Å²) in [4.78, 5) is 28.1. The maximum Gasteiger partial charge on any atom is 0.338 e. The fraction of sp³-hybridized carbons (Fsp3) is 0.278. The molecule has 25 heavy (non-hydrogen) atoms. The lowest BCUT2D eigenvalue weighted by Crippen LogP contribution is -2.30. The van der Waals surface area contributed by atoms with Crippen LogP contribution < -0.4 is 10.1 Å². The van der Waals surface area contributed by atoms with Gasteiger partial charge in [-0.25, -0.2) is 9.78 Å². The Morgan fingerprint density at radius 2 is 1.80 bits per heavy atom. The van der Waals surface area contributed by atoms with Crippen LogP contribution in [0.25, 0.3) is 0 Å². The van der Waals surface area contributed by atoms with E-state index in [0.717, 1.165) is 0 Å². The number of amides is 1. The largest absolute Gasteiger partial charge is 0.491 e. The highest BCUT2D eigenvalue weighted by Crippen LogP contribution is 2.18. The number of nitrogens with one attached hydrogen (secondary N) is 1. The first kappa shape index (κ1) is 18.7. The number of esters is 1. The van der Waals surface area contributed by atoms with E-state index in [4.69, 9.17) is 21.1 Å². The van der Waals surface area contributed by atoms with Gasteiger partial charge in [0.2, 0.25) is 0 Å². The highest BCUT2D eigenvalue weighted by molar-refractivity contribution is 6.32. The Balaban J connectivity index is 1.95. The van der Waals surface area contributed by atoms with Crippen molar-refractivity contribution >= 4 is 29.2 Å². The Morgan fingerprint density at radius 1 is 1.12 bits per heavy atom. The minimum atomic E-state index is -0.990. The number of aromatic nitrogens is 1. The van der Waals surface area contributed by atoms with Crippen LogP contribution in [0.3, 0.4) is 0 Å². The third-order valence-electron chi connectivity index (χ3n) is 3.13. The van der Waals surface area contributed by atoms with Crippen molar-refractivity contribution in [1.29, 1.82) is 0 Å². The Hall–Kier alpha value is -2.60. The Morgan fingerprint density at radius 3 is 2.40 bits per heavy atom. The molecule has 0 spiro atoms.